The highest BCUT2D eigenvalue weighted by atomic mass is 19.1. The third-order valence-electron chi connectivity index (χ3n) is 4.65. The quantitative estimate of drug-likeness (QED) is 0.531. The minimum atomic E-state index is -0.773. The van der Waals surface area contributed by atoms with E-state index in [1.54, 1.807) is 24.3 Å². The Bertz CT molecular complexity index is 1340. The molecule has 8 nitrogen and oxygen atoms in total. The van der Waals surface area contributed by atoms with E-state index in [1.165, 1.54) is 35.4 Å². The molecule has 4 rings (SSSR count). The summed E-state index contributed by atoms with van der Waals surface area (Å²) < 4.78 is 36.2. The molecule has 2 aromatic carbocycles. The van der Waals surface area contributed by atoms with Crippen molar-refractivity contribution >= 4 is 23.0 Å². The first-order valence-electron chi connectivity index (χ1n) is 9.22. The first-order valence-corrected chi connectivity index (χ1v) is 9.22. The number of ether oxygens (including phenoxy) is 1. The number of halogens is 2. The third kappa shape index (κ3) is 3.75. The van der Waals surface area contributed by atoms with Crippen LogP contribution in [0.5, 0.6) is 5.75 Å². The van der Waals surface area contributed by atoms with Gasteiger partial charge in [-0.1, -0.05) is 12.1 Å². The minimum absolute atomic E-state index is 0.00846. The van der Waals surface area contributed by atoms with Crippen molar-refractivity contribution in [3.05, 3.63) is 76.3 Å². The molecule has 0 spiro atoms. The fraction of sp³-hybridized carbons (Fsp3) is 0.143. The van der Waals surface area contributed by atoms with Crippen LogP contribution in [0, 0.1) is 11.6 Å². The van der Waals surface area contributed by atoms with Gasteiger partial charge in [0, 0.05) is 18.6 Å². The Labute approximate surface area is 174 Å². The number of anilines is 1. The third-order valence-corrected chi connectivity index (χ3v) is 4.65. The van der Waals surface area contributed by atoms with Crippen LogP contribution in [0.4, 0.5) is 14.7 Å². The monoisotopic (exact) mass is 425 g/mol. The van der Waals surface area contributed by atoms with E-state index in [0.717, 1.165) is 12.1 Å². The molecule has 1 N–H and O–H groups in total. The molecule has 0 saturated carbocycles. The SMILES string of the molecule is COc1cccc(-n2c(=O)n(Cc3c(F)cccc3F)c3cnc(NC(C)=O)nc32)c1. The maximum atomic E-state index is 14.2. The molecular weight excluding hydrogens is 408 g/mol. The number of methoxy groups -OCH3 is 1. The molecule has 0 aliphatic rings. The van der Waals surface area contributed by atoms with Crippen LogP contribution < -0.4 is 15.7 Å². The zero-order valence-electron chi connectivity index (χ0n) is 16.6. The van der Waals surface area contributed by atoms with Gasteiger partial charge in [-0.2, -0.15) is 4.98 Å². The number of benzene rings is 2. The Kier molecular flexibility index (Phi) is 5.20. The van der Waals surface area contributed by atoms with Crippen molar-refractivity contribution in [2.45, 2.75) is 13.5 Å². The molecule has 0 atom stereocenters. The molecule has 0 saturated heterocycles. The van der Waals surface area contributed by atoms with Crippen molar-refractivity contribution in [3.63, 3.8) is 0 Å². The normalized spacial score (nSPS) is 11.0. The van der Waals surface area contributed by atoms with Gasteiger partial charge in [0.05, 0.1) is 25.5 Å². The fourth-order valence-electron chi connectivity index (χ4n) is 3.23. The summed E-state index contributed by atoms with van der Waals surface area (Å²) in [6.07, 6.45) is 1.32. The van der Waals surface area contributed by atoms with E-state index in [2.05, 4.69) is 15.3 Å². The van der Waals surface area contributed by atoms with Gasteiger partial charge in [-0.05, 0) is 24.3 Å². The molecule has 0 unspecified atom stereocenters. The van der Waals surface area contributed by atoms with E-state index in [1.807, 2.05) is 0 Å². The lowest BCUT2D eigenvalue weighted by atomic mass is 10.2. The highest BCUT2D eigenvalue weighted by Gasteiger charge is 2.20. The van der Waals surface area contributed by atoms with Crippen molar-refractivity contribution in [1.82, 2.24) is 19.1 Å². The van der Waals surface area contributed by atoms with Gasteiger partial charge in [0.25, 0.3) is 0 Å². The van der Waals surface area contributed by atoms with E-state index >= 15 is 0 Å². The van der Waals surface area contributed by atoms with Gasteiger partial charge in [0.2, 0.25) is 11.9 Å². The number of hydrogen-bond donors (Lipinski definition) is 1. The second-order valence-electron chi connectivity index (χ2n) is 6.69. The Hall–Kier alpha value is -4.08. The zero-order valence-corrected chi connectivity index (χ0v) is 16.6. The Morgan fingerprint density at radius 2 is 1.87 bits per heavy atom. The molecule has 4 aromatic rings. The standard InChI is InChI=1S/C21H17F2N5O3/c1-12(29)25-20-24-10-18-19(26-20)28(13-5-3-6-14(9-13)31-2)21(30)27(18)11-15-16(22)7-4-8-17(15)23/h3-10H,11H2,1-2H3,(H,24,25,26,29). The van der Waals surface area contributed by atoms with Crippen LogP contribution in [0.15, 0.2) is 53.5 Å². The van der Waals surface area contributed by atoms with Crippen molar-refractivity contribution in [3.8, 4) is 11.4 Å². The number of imidazole rings is 1. The summed E-state index contributed by atoms with van der Waals surface area (Å²) in [5, 5.41) is 2.46. The number of aromatic nitrogens is 4. The summed E-state index contributed by atoms with van der Waals surface area (Å²) in [4.78, 5) is 33.1. The molecule has 2 aromatic heterocycles. The molecule has 31 heavy (non-hydrogen) atoms. The Morgan fingerprint density at radius 1 is 1.16 bits per heavy atom. The second-order valence-corrected chi connectivity index (χ2v) is 6.69. The predicted octanol–water partition coefficient (Wildman–Crippen LogP) is 2.88. The number of nitrogens with zero attached hydrogens (tertiary/aromatic N) is 4. The summed E-state index contributed by atoms with van der Waals surface area (Å²) in [6.45, 7) is 0.933. The highest BCUT2D eigenvalue weighted by Crippen LogP contribution is 2.22. The van der Waals surface area contributed by atoms with E-state index in [-0.39, 0.29) is 35.1 Å². The van der Waals surface area contributed by atoms with Gasteiger partial charge in [-0.25, -0.2) is 23.1 Å². The molecule has 0 fully saturated rings. The van der Waals surface area contributed by atoms with Crippen molar-refractivity contribution in [2.75, 3.05) is 12.4 Å². The molecule has 1 amide bonds. The maximum absolute atomic E-state index is 14.2. The van der Waals surface area contributed by atoms with Crippen LogP contribution in [-0.2, 0) is 11.3 Å². The van der Waals surface area contributed by atoms with E-state index in [4.69, 9.17) is 4.74 Å². The average molecular weight is 425 g/mol. The highest BCUT2D eigenvalue weighted by molar-refractivity contribution is 5.87. The van der Waals surface area contributed by atoms with Gasteiger partial charge in [0.1, 0.15) is 22.9 Å². The summed E-state index contributed by atoms with van der Waals surface area (Å²) in [6, 6.07) is 10.2. The van der Waals surface area contributed by atoms with Crippen LogP contribution in [0.3, 0.4) is 0 Å². The zero-order chi connectivity index (χ0) is 22.1. The minimum Gasteiger partial charge on any atom is -0.497 e. The number of nitrogens with one attached hydrogen (secondary N) is 1. The maximum Gasteiger partial charge on any atom is 0.335 e. The van der Waals surface area contributed by atoms with E-state index in [9.17, 15) is 18.4 Å². The summed E-state index contributed by atoms with van der Waals surface area (Å²) >= 11 is 0. The molecule has 2 heterocycles. The molecule has 0 aliphatic heterocycles. The lowest BCUT2D eigenvalue weighted by Gasteiger charge is -2.06. The number of fused-ring (bicyclic) bond motifs is 1. The van der Waals surface area contributed by atoms with Gasteiger partial charge >= 0.3 is 5.69 Å². The molecule has 0 radical (unpaired) electrons. The number of carbonyl (C=O) groups is 1. The topological polar surface area (TPSA) is 91.0 Å². The van der Waals surface area contributed by atoms with Crippen LogP contribution in [0.2, 0.25) is 0 Å². The van der Waals surface area contributed by atoms with Gasteiger partial charge in [0.15, 0.2) is 5.65 Å². The lowest BCUT2D eigenvalue weighted by Crippen LogP contribution is -2.24. The average Bonchev–Trinajstić information content (AvgIpc) is 3.01. The Balaban J connectivity index is 1.97. The molecule has 10 heteroatoms. The fourth-order valence-corrected chi connectivity index (χ4v) is 3.23. The van der Waals surface area contributed by atoms with Crippen LogP contribution in [0.25, 0.3) is 16.9 Å². The van der Waals surface area contributed by atoms with Gasteiger partial charge in [-0.15, -0.1) is 0 Å². The number of carbonyl (C=O) groups excluding carboxylic acids is 1. The smallest absolute Gasteiger partial charge is 0.335 e. The largest absolute Gasteiger partial charge is 0.497 e. The van der Waals surface area contributed by atoms with Crippen LogP contribution in [0.1, 0.15) is 12.5 Å². The van der Waals surface area contributed by atoms with E-state index < -0.39 is 17.3 Å². The molecule has 158 valence electrons. The van der Waals surface area contributed by atoms with Crippen molar-refractivity contribution < 1.29 is 18.3 Å². The first kappa shape index (κ1) is 20.2. The molecule has 0 bridgehead atoms. The van der Waals surface area contributed by atoms with Gasteiger partial charge < -0.3 is 4.74 Å². The predicted molar refractivity (Wildman–Crippen MR) is 109 cm³/mol. The first-order chi connectivity index (χ1) is 14.9. The number of hydrogen-bond acceptors (Lipinski definition) is 5. The van der Waals surface area contributed by atoms with Crippen LogP contribution in [-0.4, -0.2) is 32.1 Å². The van der Waals surface area contributed by atoms with Crippen molar-refractivity contribution in [1.29, 1.82) is 0 Å². The second kappa shape index (κ2) is 7.98. The number of amides is 1. The Morgan fingerprint density at radius 3 is 2.55 bits per heavy atom. The molecule has 0 aliphatic carbocycles. The number of rotatable bonds is 5. The van der Waals surface area contributed by atoms with Crippen molar-refractivity contribution in [2.24, 2.45) is 0 Å². The van der Waals surface area contributed by atoms with E-state index in [0.29, 0.717) is 11.4 Å². The summed E-state index contributed by atoms with van der Waals surface area (Å²) in [7, 11) is 1.49. The summed E-state index contributed by atoms with van der Waals surface area (Å²) in [5.74, 6) is -1.44. The lowest BCUT2D eigenvalue weighted by molar-refractivity contribution is -0.114. The summed E-state index contributed by atoms with van der Waals surface area (Å²) in [5.41, 5.74) is -0.0201. The van der Waals surface area contributed by atoms with Crippen LogP contribution >= 0.6 is 0 Å². The molecular formula is C21H17F2N5O3. The van der Waals surface area contributed by atoms with Gasteiger partial charge in [-0.3, -0.25) is 14.7 Å².